The first-order valence-corrected chi connectivity index (χ1v) is 12.7. The second-order valence-corrected chi connectivity index (χ2v) is 10.1. The van der Waals surface area contributed by atoms with Crippen LogP contribution in [0.2, 0.25) is 0 Å². The zero-order valence-electron chi connectivity index (χ0n) is 22.0. The van der Waals surface area contributed by atoms with Crippen molar-refractivity contribution in [1.29, 1.82) is 0 Å². The molecule has 0 aliphatic carbocycles. The van der Waals surface area contributed by atoms with Crippen LogP contribution < -0.4 is 15.4 Å². The van der Waals surface area contributed by atoms with E-state index < -0.39 is 28.7 Å². The van der Waals surface area contributed by atoms with Gasteiger partial charge in [-0.15, -0.1) is 0 Å². The van der Waals surface area contributed by atoms with Crippen molar-refractivity contribution in [2.75, 3.05) is 13.2 Å². The summed E-state index contributed by atoms with van der Waals surface area (Å²) in [5, 5.41) is 4.55. The molecule has 0 radical (unpaired) electrons. The molecule has 0 unspecified atom stereocenters. The number of alkyl halides is 2. The molecular weight excluding hydrogens is 511 g/mol. The van der Waals surface area contributed by atoms with E-state index in [-0.39, 0.29) is 56.2 Å². The van der Waals surface area contributed by atoms with Gasteiger partial charge in [0.15, 0.2) is 0 Å². The number of fused-ring (bicyclic) bond motifs is 1. The Morgan fingerprint density at radius 1 is 1.18 bits per heavy atom. The minimum Gasteiger partial charge on any atom is -0.491 e. The van der Waals surface area contributed by atoms with E-state index in [4.69, 9.17) is 9.47 Å². The quantitative estimate of drug-likeness (QED) is 0.269. The fourth-order valence-corrected chi connectivity index (χ4v) is 4.58. The lowest BCUT2D eigenvalue weighted by Gasteiger charge is -2.39. The van der Waals surface area contributed by atoms with Crippen LogP contribution in [0.15, 0.2) is 42.5 Å². The lowest BCUT2D eigenvalue weighted by Crippen LogP contribution is -2.63. The van der Waals surface area contributed by atoms with Crippen molar-refractivity contribution in [3.8, 4) is 5.75 Å². The highest BCUT2D eigenvalue weighted by Crippen LogP contribution is 2.34. The molecule has 2 aromatic rings. The third-order valence-corrected chi connectivity index (χ3v) is 6.89. The van der Waals surface area contributed by atoms with Crippen LogP contribution in [0.4, 0.5) is 8.78 Å². The molecular formula is C27H30BF2N3O6. The molecule has 1 saturated heterocycles. The number of benzene rings is 2. The van der Waals surface area contributed by atoms with Crippen LogP contribution in [0.5, 0.6) is 5.75 Å². The monoisotopic (exact) mass is 541 g/mol. The minimum absolute atomic E-state index is 0.0201. The molecule has 0 spiro atoms. The molecule has 2 aromatic carbocycles. The standard InChI is InChI=1S/C27H30BF2N3O6/c1-16(2)38-10-11-39-20-5-3-4-19(13-20)27(29,30)25(37)31-14-17-6-7-21-18(12-17)15-33(23(21)35)26(28)9-8-22(34)32-24(26)36/h3-7,12-13,16H,8-11,14-15,28H2,1-2H3,(H,31,37)(H,32,34,36)/t26-/m0/s1. The van der Waals surface area contributed by atoms with Crippen molar-refractivity contribution in [2.24, 2.45) is 0 Å². The molecule has 0 saturated carbocycles. The summed E-state index contributed by atoms with van der Waals surface area (Å²) < 4.78 is 40.7. The first-order valence-electron chi connectivity index (χ1n) is 12.7. The molecule has 1 fully saturated rings. The van der Waals surface area contributed by atoms with Crippen LogP contribution in [-0.2, 0) is 38.1 Å². The van der Waals surface area contributed by atoms with Gasteiger partial charge in [-0.2, -0.15) is 8.78 Å². The van der Waals surface area contributed by atoms with Gasteiger partial charge in [0.25, 0.3) is 11.8 Å². The average Bonchev–Trinajstić information content (AvgIpc) is 3.23. The largest absolute Gasteiger partial charge is 0.491 e. The van der Waals surface area contributed by atoms with Gasteiger partial charge in [0.05, 0.1) is 18.1 Å². The van der Waals surface area contributed by atoms with Crippen LogP contribution in [0.3, 0.4) is 0 Å². The van der Waals surface area contributed by atoms with Gasteiger partial charge in [0, 0.05) is 30.6 Å². The molecule has 2 aliphatic heterocycles. The summed E-state index contributed by atoms with van der Waals surface area (Å²) in [6.45, 7) is 4.16. The van der Waals surface area contributed by atoms with E-state index in [1.54, 1.807) is 26.0 Å². The number of carbonyl (C=O) groups is 4. The maximum atomic E-state index is 15.0. The van der Waals surface area contributed by atoms with E-state index >= 15 is 0 Å². The van der Waals surface area contributed by atoms with Crippen molar-refractivity contribution >= 4 is 31.5 Å². The van der Waals surface area contributed by atoms with Crippen molar-refractivity contribution < 1.29 is 37.4 Å². The van der Waals surface area contributed by atoms with Crippen LogP contribution >= 0.6 is 0 Å². The predicted octanol–water partition coefficient (Wildman–Crippen LogP) is 1.62. The molecule has 2 heterocycles. The summed E-state index contributed by atoms with van der Waals surface area (Å²) in [4.78, 5) is 51.0. The van der Waals surface area contributed by atoms with E-state index in [1.807, 2.05) is 13.8 Å². The third-order valence-electron chi connectivity index (χ3n) is 6.89. The van der Waals surface area contributed by atoms with E-state index in [9.17, 15) is 28.0 Å². The molecule has 4 amide bonds. The molecule has 0 bridgehead atoms. The Balaban J connectivity index is 1.39. The smallest absolute Gasteiger partial charge is 0.349 e. The van der Waals surface area contributed by atoms with Crippen molar-refractivity contribution in [3.05, 3.63) is 64.7 Å². The van der Waals surface area contributed by atoms with Crippen molar-refractivity contribution in [3.63, 3.8) is 0 Å². The van der Waals surface area contributed by atoms with Crippen molar-refractivity contribution in [1.82, 2.24) is 15.5 Å². The highest BCUT2D eigenvalue weighted by atomic mass is 19.3. The summed E-state index contributed by atoms with van der Waals surface area (Å²) in [6, 6.07) is 9.96. The van der Waals surface area contributed by atoms with E-state index in [0.717, 1.165) is 12.1 Å². The minimum atomic E-state index is -3.81. The van der Waals surface area contributed by atoms with Crippen LogP contribution in [-0.4, -0.2) is 61.1 Å². The van der Waals surface area contributed by atoms with Gasteiger partial charge in [-0.3, -0.25) is 24.5 Å². The number of imide groups is 1. The maximum Gasteiger partial charge on any atom is 0.349 e. The van der Waals surface area contributed by atoms with Gasteiger partial charge in [-0.25, -0.2) is 0 Å². The number of hydrogen-bond donors (Lipinski definition) is 2. The number of amides is 4. The molecule has 12 heteroatoms. The zero-order chi connectivity index (χ0) is 28.4. The fraction of sp³-hybridized carbons (Fsp3) is 0.407. The van der Waals surface area contributed by atoms with Gasteiger partial charge in [0.1, 0.15) is 20.2 Å². The lowest BCUT2D eigenvalue weighted by molar-refractivity contribution is -0.147. The van der Waals surface area contributed by atoms with Crippen LogP contribution in [0.1, 0.15) is 53.7 Å². The first kappa shape index (κ1) is 28.2. The van der Waals surface area contributed by atoms with Gasteiger partial charge in [0.2, 0.25) is 11.8 Å². The number of carbonyl (C=O) groups excluding carboxylic acids is 4. The number of rotatable bonds is 10. The summed E-state index contributed by atoms with van der Waals surface area (Å²) in [5.41, 5.74) is -0.175. The first-order chi connectivity index (χ1) is 18.4. The predicted molar refractivity (Wildman–Crippen MR) is 139 cm³/mol. The van der Waals surface area contributed by atoms with E-state index in [2.05, 4.69) is 10.6 Å². The Hall–Kier alpha value is -3.80. The number of ether oxygens (including phenoxy) is 2. The molecule has 4 rings (SSSR count). The average molecular weight is 541 g/mol. The van der Waals surface area contributed by atoms with E-state index in [1.165, 1.54) is 17.0 Å². The summed E-state index contributed by atoms with van der Waals surface area (Å²) in [5.74, 6) is -6.35. The molecule has 0 aromatic heterocycles. The topological polar surface area (TPSA) is 114 Å². The Labute approximate surface area is 225 Å². The number of nitrogens with zero attached hydrogens (tertiary/aromatic N) is 1. The lowest BCUT2D eigenvalue weighted by atomic mass is 9.70. The molecule has 206 valence electrons. The maximum absolute atomic E-state index is 15.0. The van der Waals surface area contributed by atoms with E-state index in [0.29, 0.717) is 23.3 Å². The third kappa shape index (κ3) is 5.95. The van der Waals surface area contributed by atoms with Crippen LogP contribution in [0, 0.1) is 0 Å². The highest BCUT2D eigenvalue weighted by Gasteiger charge is 2.48. The summed E-state index contributed by atoms with van der Waals surface area (Å²) in [7, 11) is 1.61. The SMILES string of the molecule is B[C@]1(N2Cc3cc(CNC(=O)C(F)(F)c4cccc(OCCOC(C)C)c4)ccc3C2=O)CCC(=O)NC1=O. The fourth-order valence-electron chi connectivity index (χ4n) is 4.58. The summed E-state index contributed by atoms with van der Waals surface area (Å²) >= 11 is 0. The van der Waals surface area contributed by atoms with Crippen molar-refractivity contribution in [2.45, 2.75) is 57.2 Å². The molecule has 9 nitrogen and oxygen atoms in total. The highest BCUT2D eigenvalue weighted by molar-refractivity contribution is 6.32. The van der Waals surface area contributed by atoms with Gasteiger partial charge < -0.3 is 19.7 Å². The Morgan fingerprint density at radius 3 is 2.67 bits per heavy atom. The normalized spacial score (nSPS) is 19.2. The zero-order valence-corrected chi connectivity index (χ0v) is 22.0. The Kier molecular flexibility index (Phi) is 8.05. The second kappa shape index (κ2) is 11.1. The second-order valence-electron chi connectivity index (χ2n) is 10.1. The molecule has 39 heavy (non-hydrogen) atoms. The van der Waals surface area contributed by atoms with Gasteiger partial charge in [-0.1, -0.05) is 24.3 Å². The van der Waals surface area contributed by atoms with Gasteiger partial charge in [-0.05, 0) is 49.6 Å². The number of piperidine rings is 1. The molecule has 1 atom stereocenters. The van der Waals surface area contributed by atoms with Crippen LogP contribution in [0.25, 0.3) is 0 Å². The number of hydrogen-bond acceptors (Lipinski definition) is 6. The Bertz CT molecular complexity index is 1300. The van der Waals surface area contributed by atoms with Gasteiger partial charge >= 0.3 is 5.92 Å². The number of halogens is 2. The molecule has 2 N–H and O–H groups in total. The summed E-state index contributed by atoms with van der Waals surface area (Å²) in [6.07, 6.45) is 0.342. The number of nitrogens with one attached hydrogen (secondary N) is 2. The Morgan fingerprint density at radius 2 is 1.95 bits per heavy atom. The molecule has 2 aliphatic rings.